The number of amides is 3. The summed E-state index contributed by atoms with van der Waals surface area (Å²) >= 11 is 6.10. The lowest BCUT2D eigenvalue weighted by Crippen LogP contribution is -2.47. The van der Waals surface area contributed by atoms with Crippen LogP contribution in [0.15, 0.2) is 48.7 Å². The molecule has 0 radical (unpaired) electrons. The van der Waals surface area contributed by atoms with Gasteiger partial charge in [-0.05, 0) is 31.2 Å². The molecule has 136 valence electrons. The summed E-state index contributed by atoms with van der Waals surface area (Å²) in [4.78, 5) is 42.8. The number of fused-ring (bicyclic) bond motifs is 2. The minimum Gasteiger partial charge on any atom is -0.349 e. The summed E-state index contributed by atoms with van der Waals surface area (Å²) in [5, 5.41) is 3.23. The van der Waals surface area contributed by atoms with Crippen molar-refractivity contribution in [3.63, 3.8) is 0 Å². The van der Waals surface area contributed by atoms with E-state index in [-0.39, 0.29) is 6.54 Å². The second-order valence-corrected chi connectivity index (χ2v) is 6.62. The quantitative estimate of drug-likeness (QED) is 0.554. The van der Waals surface area contributed by atoms with Gasteiger partial charge in [0, 0.05) is 6.20 Å². The fourth-order valence-corrected chi connectivity index (χ4v) is 3.32. The van der Waals surface area contributed by atoms with Crippen LogP contribution in [0.25, 0.3) is 5.65 Å². The SMILES string of the molecule is CC(C(=O)NCc1cn2c(Cl)cccc2n1)N1C(=O)c2ccccc2C1=O. The summed E-state index contributed by atoms with van der Waals surface area (Å²) in [7, 11) is 0. The number of halogens is 1. The molecule has 1 N–H and O–H groups in total. The molecule has 3 aromatic rings. The highest BCUT2D eigenvalue weighted by Crippen LogP contribution is 2.24. The molecule has 0 saturated carbocycles. The number of imidazole rings is 1. The van der Waals surface area contributed by atoms with Gasteiger partial charge in [-0.25, -0.2) is 4.98 Å². The van der Waals surface area contributed by atoms with Crippen LogP contribution in [0, 0.1) is 0 Å². The van der Waals surface area contributed by atoms with Gasteiger partial charge in [-0.15, -0.1) is 0 Å². The van der Waals surface area contributed by atoms with Gasteiger partial charge in [0.15, 0.2) is 0 Å². The van der Waals surface area contributed by atoms with E-state index >= 15 is 0 Å². The highest BCUT2D eigenvalue weighted by molar-refractivity contribution is 6.29. The number of carbonyl (C=O) groups excluding carboxylic acids is 3. The molecule has 0 spiro atoms. The first-order chi connectivity index (χ1) is 13.0. The third kappa shape index (κ3) is 2.86. The van der Waals surface area contributed by atoms with E-state index in [2.05, 4.69) is 10.3 Å². The van der Waals surface area contributed by atoms with Gasteiger partial charge in [0.1, 0.15) is 16.8 Å². The third-order valence-corrected chi connectivity index (χ3v) is 4.84. The van der Waals surface area contributed by atoms with Crippen molar-refractivity contribution in [2.45, 2.75) is 19.5 Å². The van der Waals surface area contributed by atoms with Crippen molar-refractivity contribution in [2.24, 2.45) is 0 Å². The number of rotatable bonds is 4. The third-order valence-electron chi connectivity index (χ3n) is 4.53. The Morgan fingerprint density at radius 2 is 1.78 bits per heavy atom. The maximum Gasteiger partial charge on any atom is 0.262 e. The Kier molecular flexibility index (Phi) is 4.16. The van der Waals surface area contributed by atoms with Gasteiger partial charge in [0.25, 0.3) is 11.8 Å². The van der Waals surface area contributed by atoms with Crippen molar-refractivity contribution in [3.8, 4) is 0 Å². The Hall–Kier alpha value is -3.19. The molecule has 8 heteroatoms. The van der Waals surface area contributed by atoms with Crippen LogP contribution >= 0.6 is 11.6 Å². The van der Waals surface area contributed by atoms with Gasteiger partial charge < -0.3 is 5.32 Å². The first-order valence-corrected chi connectivity index (χ1v) is 8.72. The number of hydrogen-bond donors (Lipinski definition) is 1. The summed E-state index contributed by atoms with van der Waals surface area (Å²) in [6.45, 7) is 1.68. The molecule has 0 saturated heterocycles. The average molecular weight is 383 g/mol. The minimum absolute atomic E-state index is 0.157. The molecule has 3 heterocycles. The first kappa shape index (κ1) is 17.2. The van der Waals surface area contributed by atoms with Crippen LogP contribution < -0.4 is 5.32 Å². The standard InChI is InChI=1S/C19H15ClN4O3/c1-11(24-18(26)13-5-2-3-6-14(13)19(24)27)17(25)21-9-12-10-23-15(20)7-4-8-16(23)22-12/h2-8,10-11H,9H2,1H3,(H,21,25). The van der Waals surface area contributed by atoms with Crippen molar-refractivity contribution < 1.29 is 14.4 Å². The Morgan fingerprint density at radius 3 is 2.41 bits per heavy atom. The smallest absolute Gasteiger partial charge is 0.262 e. The molecule has 0 fully saturated rings. The summed E-state index contributed by atoms with van der Waals surface area (Å²) in [5.41, 5.74) is 1.92. The molecule has 1 atom stereocenters. The summed E-state index contributed by atoms with van der Waals surface area (Å²) in [6, 6.07) is 10.9. The highest BCUT2D eigenvalue weighted by atomic mass is 35.5. The Morgan fingerprint density at radius 1 is 1.11 bits per heavy atom. The zero-order valence-electron chi connectivity index (χ0n) is 14.3. The monoisotopic (exact) mass is 382 g/mol. The van der Waals surface area contributed by atoms with Crippen molar-refractivity contribution in [1.82, 2.24) is 19.6 Å². The molecule has 2 aromatic heterocycles. The molecule has 3 amide bonds. The van der Waals surface area contributed by atoms with Gasteiger partial charge >= 0.3 is 0 Å². The van der Waals surface area contributed by atoms with Gasteiger partial charge in [-0.3, -0.25) is 23.7 Å². The fourth-order valence-electron chi connectivity index (χ4n) is 3.12. The highest BCUT2D eigenvalue weighted by Gasteiger charge is 2.40. The molecular formula is C19H15ClN4O3. The molecule has 1 aliphatic heterocycles. The molecule has 0 bridgehead atoms. The van der Waals surface area contributed by atoms with E-state index in [0.717, 1.165) is 4.90 Å². The summed E-state index contributed by atoms with van der Waals surface area (Å²) in [5.74, 6) is -1.36. The van der Waals surface area contributed by atoms with Crippen LogP contribution in [0.3, 0.4) is 0 Å². The van der Waals surface area contributed by atoms with Gasteiger partial charge in [-0.1, -0.05) is 29.8 Å². The fraction of sp³-hybridized carbons (Fsp3) is 0.158. The zero-order valence-corrected chi connectivity index (χ0v) is 15.1. The van der Waals surface area contributed by atoms with Crippen LogP contribution in [0.2, 0.25) is 5.15 Å². The molecule has 1 aromatic carbocycles. The number of carbonyl (C=O) groups is 3. The number of hydrogen-bond acceptors (Lipinski definition) is 4. The molecule has 0 aliphatic carbocycles. The molecular weight excluding hydrogens is 368 g/mol. The second kappa shape index (κ2) is 6.51. The lowest BCUT2D eigenvalue weighted by atomic mass is 10.1. The van der Waals surface area contributed by atoms with Crippen LogP contribution in [0.1, 0.15) is 33.3 Å². The molecule has 1 unspecified atom stereocenters. The van der Waals surface area contributed by atoms with Gasteiger partial charge in [-0.2, -0.15) is 0 Å². The molecule has 7 nitrogen and oxygen atoms in total. The number of nitrogens with one attached hydrogen (secondary N) is 1. The van der Waals surface area contributed by atoms with E-state index in [1.54, 1.807) is 53.1 Å². The van der Waals surface area contributed by atoms with Gasteiger partial charge in [0.05, 0.1) is 23.4 Å². The van der Waals surface area contributed by atoms with Crippen LogP contribution in [-0.2, 0) is 11.3 Å². The Labute approximate surface area is 159 Å². The molecule has 1 aliphatic rings. The molecule has 4 rings (SSSR count). The van der Waals surface area contributed by atoms with Crippen LogP contribution in [-0.4, -0.2) is 38.0 Å². The lowest BCUT2D eigenvalue weighted by molar-refractivity contribution is -0.124. The maximum absolute atomic E-state index is 12.5. The van der Waals surface area contributed by atoms with Crippen LogP contribution in [0.5, 0.6) is 0 Å². The number of aromatic nitrogens is 2. The normalized spacial score (nSPS) is 14.5. The van der Waals surface area contributed by atoms with Crippen molar-refractivity contribution in [1.29, 1.82) is 0 Å². The molecule has 27 heavy (non-hydrogen) atoms. The van der Waals surface area contributed by atoms with E-state index in [0.29, 0.717) is 27.6 Å². The lowest BCUT2D eigenvalue weighted by Gasteiger charge is -2.21. The van der Waals surface area contributed by atoms with E-state index in [1.807, 2.05) is 0 Å². The van der Waals surface area contributed by atoms with Crippen molar-refractivity contribution >= 4 is 35.0 Å². The number of imide groups is 1. The van der Waals surface area contributed by atoms with Crippen molar-refractivity contribution in [2.75, 3.05) is 0 Å². The number of nitrogens with zero attached hydrogens (tertiary/aromatic N) is 3. The zero-order chi connectivity index (χ0) is 19.1. The predicted molar refractivity (Wildman–Crippen MR) is 98.5 cm³/mol. The van der Waals surface area contributed by atoms with Gasteiger partial charge in [0.2, 0.25) is 5.91 Å². The van der Waals surface area contributed by atoms with E-state index in [4.69, 9.17) is 11.6 Å². The average Bonchev–Trinajstić information content (AvgIpc) is 3.20. The Balaban J connectivity index is 1.47. The van der Waals surface area contributed by atoms with E-state index < -0.39 is 23.8 Å². The number of pyridine rings is 1. The minimum atomic E-state index is -0.932. The first-order valence-electron chi connectivity index (χ1n) is 8.34. The van der Waals surface area contributed by atoms with E-state index in [9.17, 15) is 14.4 Å². The predicted octanol–water partition coefficient (Wildman–Crippen LogP) is 2.29. The topological polar surface area (TPSA) is 83.8 Å². The maximum atomic E-state index is 12.5. The number of benzene rings is 1. The second-order valence-electron chi connectivity index (χ2n) is 6.23. The largest absolute Gasteiger partial charge is 0.349 e. The van der Waals surface area contributed by atoms with Crippen LogP contribution in [0.4, 0.5) is 0 Å². The Bertz CT molecular complexity index is 1060. The summed E-state index contributed by atoms with van der Waals surface area (Å²) in [6.07, 6.45) is 1.73. The summed E-state index contributed by atoms with van der Waals surface area (Å²) < 4.78 is 1.70. The van der Waals surface area contributed by atoms with Crippen molar-refractivity contribution in [3.05, 3.63) is 70.6 Å². The van der Waals surface area contributed by atoms with E-state index in [1.165, 1.54) is 6.92 Å².